The minimum atomic E-state index is -4.39. The molecule has 0 aromatic heterocycles. The van der Waals surface area contributed by atoms with Crippen molar-refractivity contribution in [1.29, 1.82) is 0 Å². The van der Waals surface area contributed by atoms with Crippen LogP contribution in [0.2, 0.25) is 0 Å². The van der Waals surface area contributed by atoms with Crippen LogP contribution in [0.1, 0.15) is 49.7 Å². The van der Waals surface area contributed by atoms with Gasteiger partial charge in [-0.15, -0.1) is 0 Å². The first-order valence-electron chi connectivity index (χ1n) is 11.1. The molecule has 2 heterocycles. The molecular formula is C23H30F3N3O2. The molecule has 8 heteroatoms. The van der Waals surface area contributed by atoms with Gasteiger partial charge < -0.3 is 10.2 Å². The van der Waals surface area contributed by atoms with Crippen LogP contribution in [0.25, 0.3) is 0 Å². The van der Waals surface area contributed by atoms with Crippen molar-refractivity contribution in [1.82, 2.24) is 15.1 Å². The lowest BCUT2D eigenvalue weighted by atomic mass is 9.89. The number of likely N-dealkylation sites (tertiary alicyclic amines) is 2. The summed E-state index contributed by atoms with van der Waals surface area (Å²) >= 11 is 0. The number of alkyl halides is 3. The lowest BCUT2D eigenvalue weighted by Gasteiger charge is -2.39. The average molecular weight is 438 g/mol. The molecule has 2 aliphatic heterocycles. The summed E-state index contributed by atoms with van der Waals surface area (Å²) in [5.74, 6) is 0.0142. The molecule has 1 aromatic rings. The standard InChI is InChI=1S/C23H30F3N3O2/c1-28-10-3-2-7-19(28)21(31)29-11-8-22(9-12-29)14-18(22)20(30)27-15-16-5-4-6-17(13-16)23(24,25)26/h4-6,13,18-19H,2-3,7-12,14-15H2,1H3,(H,27,30). The summed E-state index contributed by atoms with van der Waals surface area (Å²) in [6.07, 6.45) is 1.18. The predicted octanol–water partition coefficient (Wildman–Crippen LogP) is 3.43. The zero-order valence-corrected chi connectivity index (χ0v) is 17.9. The average Bonchev–Trinajstić information content (AvgIpc) is 3.45. The smallest absolute Gasteiger partial charge is 0.352 e. The SMILES string of the molecule is CN1CCCCC1C(=O)N1CCC2(CC1)CC2C(=O)NCc1cccc(C(F)(F)F)c1. The summed E-state index contributed by atoms with van der Waals surface area (Å²) in [6.45, 7) is 2.41. The second kappa shape index (κ2) is 8.45. The number of hydrogen-bond acceptors (Lipinski definition) is 3. The van der Waals surface area contributed by atoms with Gasteiger partial charge in [0.2, 0.25) is 11.8 Å². The zero-order chi connectivity index (χ0) is 22.2. The molecule has 3 fully saturated rings. The summed E-state index contributed by atoms with van der Waals surface area (Å²) in [5, 5.41) is 2.81. The normalized spacial score (nSPS) is 26.0. The Labute approximate surface area is 181 Å². The highest BCUT2D eigenvalue weighted by molar-refractivity contribution is 5.84. The van der Waals surface area contributed by atoms with Gasteiger partial charge in [-0.3, -0.25) is 14.5 Å². The summed E-state index contributed by atoms with van der Waals surface area (Å²) in [7, 11) is 2.01. The Bertz CT molecular complexity index is 834. The molecule has 2 amide bonds. The molecule has 2 atom stereocenters. The highest BCUT2D eigenvalue weighted by Crippen LogP contribution is 2.59. The number of carbonyl (C=O) groups is 2. The number of hydrogen-bond donors (Lipinski definition) is 1. The molecule has 1 aromatic carbocycles. The van der Waals surface area contributed by atoms with Gasteiger partial charge in [0.15, 0.2) is 0 Å². The van der Waals surface area contributed by atoms with Crippen molar-refractivity contribution in [3.63, 3.8) is 0 Å². The van der Waals surface area contributed by atoms with E-state index in [9.17, 15) is 22.8 Å². The number of piperidine rings is 2. The van der Waals surface area contributed by atoms with E-state index in [2.05, 4.69) is 10.2 Å². The summed E-state index contributed by atoms with van der Waals surface area (Å²) in [6, 6.07) is 5.04. The second-order valence-electron chi connectivity index (χ2n) is 9.35. The number of nitrogens with zero attached hydrogens (tertiary/aromatic N) is 2. The molecule has 0 bridgehead atoms. The third-order valence-corrected chi connectivity index (χ3v) is 7.35. The Morgan fingerprint density at radius 3 is 2.58 bits per heavy atom. The van der Waals surface area contributed by atoms with Crippen LogP contribution in [-0.4, -0.2) is 54.3 Å². The Balaban J connectivity index is 1.26. The molecule has 170 valence electrons. The lowest BCUT2D eigenvalue weighted by molar-refractivity contribution is -0.139. The first kappa shape index (κ1) is 22.1. The molecule has 4 rings (SSSR count). The molecular weight excluding hydrogens is 407 g/mol. The molecule has 1 saturated carbocycles. The minimum absolute atomic E-state index is 0.0199. The van der Waals surface area contributed by atoms with Crippen LogP contribution in [-0.2, 0) is 22.3 Å². The van der Waals surface area contributed by atoms with Crippen molar-refractivity contribution in [3.8, 4) is 0 Å². The van der Waals surface area contributed by atoms with Gasteiger partial charge in [-0.2, -0.15) is 13.2 Å². The van der Waals surface area contributed by atoms with E-state index in [1.807, 2.05) is 11.9 Å². The first-order chi connectivity index (χ1) is 14.7. The maximum atomic E-state index is 12.9. The topological polar surface area (TPSA) is 52.7 Å². The van der Waals surface area contributed by atoms with Gasteiger partial charge >= 0.3 is 6.18 Å². The van der Waals surface area contributed by atoms with Crippen molar-refractivity contribution in [2.24, 2.45) is 11.3 Å². The monoisotopic (exact) mass is 437 g/mol. The maximum absolute atomic E-state index is 12.9. The Morgan fingerprint density at radius 2 is 1.90 bits per heavy atom. The molecule has 5 nitrogen and oxygen atoms in total. The lowest BCUT2D eigenvalue weighted by Crippen LogP contribution is -2.51. The van der Waals surface area contributed by atoms with Gasteiger partial charge in [0, 0.05) is 25.6 Å². The number of carbonyl (C=O) groups excluding carboxylic acids is 2. The van der Waals surface area contributed by atoms with Crippen LogP contribution in [0.4, 0.5) is 13.2 Å². The molecule has 2 unspecified atom stereocenters. The van der Waals surface area contributed by atoms with E-state index < -0.39 is 11.7 Å². The van der Waals surface area contributed by atoms with E-state index in [-0.39, 0.29) is 35.7 Å². The van der Waals surface area contributed by atoms with E-state index in [1.165, 1.54) is 6.07 Å². The van der Waals surface area contributed by atoms with Crippen LogP contribution >= 0.6 is 0 Å². The Kier molecular flexibility index (Phi) is 6.03. The van der Waals surface area contributed by atoms with E-state index in [4.69, 9.17) is 0 Å². The number of halogens is 3. The largest absolute Gasteiger partial charge is 0.416 e. The summed E-state index contributed by atoms with van der Waals surface area (Å²) in [5.41, 5.74) is -0.314. The van der Waals surface area contributed by atoms with Gasteiger partial charge in [0.1, 0.15) is 0 Å². The third kappa shape index (κ3) is 4.73. The molecule has 31 heavy (non-hydrogen) atoms. The fraction of sp³-hybridized carbons (Fsp3) is 0.652. The first-order valence-corrected chi connectivity index (χ1v) is 11.1. The fourth-order valence-corrected chi connectivity index (χ4v) is 5.21. The highest BCUT2D eigenvalue weighted by atomic mass is 19.4. The van der Waals surface area contributed by atoms with Crippen LogP contribution in [0.15, 0.2) is 24.3 Å². The second-order valence-corrected chi connectivity index (χ2v) is 9.35. The van der Waals surface area contributed by atoms with Crippen LogP contribution in [0.3, 0.4) is 0 Å². The molecule has 2 saturated heterocycles. The number of amides is 2. The van der Waals surface area contributed by atoms with Crippen LogP contribution in [0.5, 0.6) is 0 Å². The van der Waals surface area contributed by atoms with E-state index in [0.717, 1.165) is 57.2 Å². The predicted molar refractivity (Wildman–Crippen MR) is 110 cm³/mol. The maximum Gasteiger partial charge on any atom is 0.416 e. The van der Waals surface area contributed by atoms with Gasteiger partial charge in [-0.25, -0.2) is 0 Å². The molecule has 1 N–H and O–H groups in total. The Hall–Kier alpha value is -2.09. The van der Waals surface area contributed by atoms with Gasteiger partial charge in [-0.1, -0.05) is 18.6 Å². The number of rotatable bonds is 4. The highest BCUT2D eigenvalue weighted by Gasteiger charge is 2.58. The van der Waals surface area contributed by atoms with Crippen molar-refractivity contribution in [2.45, 2.75) is 57.3 Å². The quantitative estimate of drug-likeness (QED) is 0.785. The van der Waals surface area contributed by atoms with E-state index in [1.54, 1.807) is 6.07 Å². The Morgan fingerprint density at radius 1 is 1.16 bits per heavy atom. The zero-order valence-electron chi connectivity index (χ0n) is 17.9. The summed E-state index contributed by atoms with van der Waals surface area (Å²) in [4.78, 5) is 29.6. The van der Waals surface area contributed by atoms with Crippen molar-refractivity contribution in [2.75, 3.05) is 26.7 Å². The van der Waals surface area contributed by atoms with Crippen molar-refractivity contribution in [3.05, 3.63) is 35.4 Å². The summed E-state index contributed by atoms with van der Waals surface area (Å²) < 4.78 is 38.6. The molecule has 0 radical (unpaired) electrons. The number of benzene rings is 1. The van der Waals surface area contributed by atoms with E-state index in [0.29, 0.717) is 18.7 Å². The van der Waals surface area contributed by atoms with Crippen LogP contribution < -0.4 is 5.32 Å². The van der Waals surface area contributed by atoms with Gasteiger partial charge in [-0.05, 0) is 68.8 Å². The van der Waals surface area contributed by atoms with Crippen LogP contribution in [0, 0.1) is 11.3 Å². The molecule has 1 aliphatic carbocycles. The molecule has 1 spiro atoms. The van der Waals surface area contributed by atoms with Gasteiger partial charge in [0.25, 0.3) is 0 Å². The van der Waals surface area contributed by atoms with Crippen molar-refractivity contribution < 1.29 is 22.8 Å². The minimum Gasteiger partial charge on any atom is -0.352 e. The fourth-order valence-electron chi connectivity index (χ4n) is 5.21. The number of likely N-dealkylation sites (N-methyl/N-ethyl adjacent to an activating group) is 1. The van der Waals surface area contributed by atoms with E-state index >= 15 is 0 Å². The van der Waals surface area contributed by atoms with Gasteiger partial charge in [0.05, 0.1) is 11.6 Å². The number of nitrogens with one attached hydrogen (secondary N) is 1. The third-order valence-electron chi connectivity index (χ3n) is 7.35. The molecule has 3 aliphatic rings. The van der Waals surface area contributed by atoms with Crippen molar-refractivity contribution >= 4 is 11.8 Å².